The van der Waals surface area contributed by atoms with Crippen molar-refractivity contribution in [2.75, 3.05) is 5.32 Å². The van der Waals surface area contributed by atoms with Crippen LogP contribution in [0.15, 0.2) is 78.9 Å². The highest BCUT2D eigenvalue weighted by Gasteiger charge is 2.41. The highest BCUT2D eigenvalue weighted by molar-refractivity contribution is 6.31. The number of esters is 2. The van der Waals surface area contributed by atoms with Gasteiger partial charge in [0.2, 0.25) is 12.2 Å². The number of hydrogen-bond donors (Lipinski definition) is 2. The van der Waals surface area contributed by atoms with E-state index in [1.165, 1.54) is 48.5 Å². The molecule has 0 fully saturated rings. The lowest BCUT2D eigenvalue weighted by Crippen LogP contribution is -2.48. The first-order chi connectivity index (χ1) is 17.5. The number of carbonyl (C=O) groups is 4. The molecule has 2 unspecified atom stereocenters. The van der Waals surface area contributed by atoms with Crippen molar-refractivity contribution in [1.29, 1.82) is 0 Å². The quantitative estimate of drug-likeness (QED) is 0.396. The van der Waals surface area contributed by atoms with Crippen molar-refractivity contribution in [3.8, 4) is 0 Å². The molecular formula is C25H17ClF3NO7. The fraction of sp³-hybridized carbons (Fsp3) is 0.120. The van der Waals surface area contributed by atoms with Crippen LogP contribution in [0.5, 0.6) is 0 Å². The first kappa shape index (κ1) is 27.2. The van der Waals surface area contributed by atoms with Crippen LogP contribution in [-0.2, 0) is 25.2 Å². The van der Waals surface area contributed by atoms with Crippen molar-refractivity contribution >= 4 is 41.1 Å². The number of carboxylic acid groups (broad SMARTS) is 1. The number of rotatable bonds is 8. The Hall–Kier alpha value is -4.38. The standard InChI is InChI=1S/C25H17ClF3NO7/c26-18-12-11-16(13-17(18)25(27,28)29)30-21(31)19(36-23(34)14-7-3-1-4-8-14)20(22(32)33)37-24(35)15-9-5-2-6-10-15/h1-13,19-20H,(H,30,31)(H,32,33). The van der Waals surface area contributed by atoms with Crippen molar-refractivity contribution in [2.45, 2.75) is 18.4 Å². The number of ether oxygens (including phenoxy) is 2. The molecule has 2 atom stereocenters. The van der Waals surface area contributed by atoms with Gasteiger partial charge in [0.25, 0.3) is 5.91 Å². The molecular weight excluding hydrogens is 519 g/mol. The van der Waals surface area contributed by atoms with Crippen LogP contribution in [-0.4, -0.2) is 41.1 Å². The zero-order valence-electron chi connectivity index (χ0n) is 18.6. The molecule has 3 rings (SSSR count). The van der Waals surface area contributed by atoms with Gasteiger partial charge in [0, 0.05) is 5.69 Å². The normalized spacial score (nSPS) is 12.6. The van der Waals surface area contributed by atoms with E-state index in [9.17, 15) is 37.5 Å². The highest BCUT2D eigenvalue weighted by Crippen LogP contribution is 2.36. The fourth-order valence-corrected chi connectivity index (χ4v) is 3.27. The summed E-state index contributed by atoms with van der Waals surface area (Å²) in [6.07, 6.45) is -9.50. The Morgan fingerprint density at radius 1 is 0.784 bits per heavy atom. The summed E-state index contributed by atoms with van der Waals surface area (Å²) in [5.74, 6) is -5.51. The molecule has 3 aromatic carbocycles. The number of aliphatic carboxylic acids is 1. The summed E-state index contributed by atoms with van der Waals surface area (Å²) in [7, 11) is 0. The van der Waals surface area contributed by atoms with Gasteiger partial charge in [-0.1, -0.05) is 48.0 Å². The van der Waals surface area contributed by atoms with Crippen LogP contribution in [0.1, 0.15) is 26.3 Å². The number of nitrogens with one attached hydrogen (secondary N) is 1. The maximum atomic E-state index is 13.2. The maximum absolute atomic E-state index is 13.2. The second-order valence-electron chi connectivity index (χ2n) is 7.40. The molecule has 0 bridgehead atoms. The summed E-state index contributed by atoms with van der Waals surface area (Å²) in [5.41, 5.74) is -1.82. The van der Waals surface area contributed by atoms with Crippen LogP contribution in [0.4, 0.5) is 18.9 Å². The van der Waals surface area contributed by atoms with Gasteiger partial charge in [0.15, 0.2) is 0 Å². The average molecular weight is 536 g/mol. The lowest BCUT2D eigenvalue weighted by atomic mass is 10.1. The zero-order valence-corrected chi connectivity index (χ0v) is 19.3. The van der Waals surface area contributed by atoms with Crippen LogP contribution >= 0.6 is 11.6 Å². The first-order valence-electron chi connectivity index (χ1n) is 10.4. The molecule has 0 spiro atoms. The Bertz CT molecular complexity index is 1300. The minimum absolute atomic E-state index is 0.0604. The van der Waals surface area contributed by atoms with Gasteiger partial charge in [-0.15, -0.1) is 0 Å². The third-order valence-corrected chi connectivity index (χ3v) is 5.13. The van der Waals surface area contributed by atoms with E-state index >= 15 is 0 Å². The molecule has 0 aliphatic carbocycles. The van der Waals surface area contributed by atoms with E-state index in [0.29, 0.717) is 6.07 Å². The van der Waals surface area contributed by atoms with Gasteiger partial charge in [-0.2, -0.15) is 13.2 Å². The summed E-state index contributed by atoms with van der Waals surface area (Å²) in [6.45, 7) is 0. The van der Waals surface area contributed by atoms with E-state index in [2.05, 4.69) is 5.32 Å². The molecule has 37 heavy (non-hydrogen) atoms. The summed E-state index contributed by atoms with van der Waals surface area (Å²) < 4.78 is 49.7. The van der Waals surface area contributed by atoms with Crippen molar-refractivity contribution < 1.29 is 46.9 Å². The Morgan fingerprint density at radius 2 is 1.27 bits per heavy atom. The molecule has 3 aromatic rings. The third kappa shape index (κ3) is 7.07. The van der Waals surface area contributed by atoms with Gasteiger partial charge in [0.1, 0.15) is 0 Å². The summed E-state index contributed by atoms with van der Waals surface area (Å²) >= 11 is 5.59. The molecule has 8 nitrogen and oxygen atoms in total. The number of carbonyl (C=O) groups excluding carboxylic acids is 3. The van der Waals surface area contributed by atoms with Crippen LogP contribution in [0.3, 0.4) is 0 Å². The minimum Gasteiger partial charge on any atom is -0.478 e. The van der Waals surface area contributed by atoms with Crippen LogP contribution in [0.25, 0.3) is 0 Å². The molecule has 0 heterocycles. The molecule has 0 aliphatic rings. The van der Waals surface area contributed by atoms with Crippen molar-refractivity contribution in [1.82, 2.24) is 0 Å². The van der Waals surface area contributed by atoms with Crippen molar-refractivity contribution in [3.63, 3.8) is 0 Å². The number of alkyl halides is 3. The van der Waals surface area contributed by atoms with E-state index in [-0.39, 0.29) is 11.1 Å². The fourth-order valence-electron chi connectivity index (χ4n) is 3.04. The van der Waals surface area contributed by atoms with Crippen LogP contribution in [0.2, 0.25) is 5.02 Å². The minimum atomic E-state index is -4.86. The van der Waals surface area contributed by atoms with Crippen molar-refractivity contribution in [2.24, 2.45) is 0 Å². The first-order valence-corrected chi connectivity index (χ1v) is 10.8. The molecule has 0 saturated carbocycles. The average Bonchev–Trinajstić information content (AvgIpc) is 2.87. The van der Waals surface area contributed by atoms with Gasteiger partial charge in [0.05, 0.1) is 21.7 Å². The van der Waals surface area contributed by atoms with E-state index < -0.39 is 58.5 Å². The zero-order chi connectivity index (χ0) is 27.2. The van der Waals surface area contributed by atoms with Gasteiger partial charge < -0.3 is 19.9 Å². The predicted octanol–water partition coefficient (Wildman–Crippen LogP) is 4.83. The Kier molecular flexibility index (Phi) is 8.51. The smallest absolute Gasteiger partial charge is 0.417 e. The number of benzene rings is 3. The van der Waals surface area contributed by atoms with Gasteiger partial charge >= 0.3 is 24.1 Å². The van der Waals surface area contributed by atoms with Crippen LogP contribution < -0.4 is 5.32 Å². The molecule has 0 aliphatic heterocycles. The van der Waals surface area contributed by atoms with E-state index in [4.69, 9.17) is 21.1 Å². The topological polar surface area (TPSA) is 119 Å². The molecule has 2 N–H and O–H groups in total. The molecule has 0 radical (unpaired) electrons. The summed E-state index contributed by atoms with van der Waals surface area (Å²) in [5, 5.41) is 11.1. The number of amides is 1. The van der Waals surface area contributed by atoms with Gasteiger partial charge in [-0.25, -0.2) is 14.4 Å². The number of hydrogen-bond acceptors (Lipinski definition) is 6. The van der Waals surface area contributed by atoms with Gasteiger partial charge in [-0.05, 0) is 42.5 Å². The Balaban J connectivity index is 1.94. The van der Waals surface area contributed by atoms with Gasteiger partial charge in [-0.3, -0.25) is 4.79 Å². The molecule has 0 aromatic heterocycles. The second-order valence-corrected chi connectivity index (χ2v) is 7.81. The number of carboxylic acids is 1. The van der Waals surface area contributed by atoms with E-state index in [1.54, 1.807) is 12.1 Å². The Morgan fingerprint density at radius 3 is 1.73 bits per heavy atom. The lowest BCUT2D eigenvalue weighted by molar-refractivity contribution is -0.157. The number of halogens is 4. The maximum Gasteiger partial charge on any atom is 0.417 e. The predicted molar refractivity (Wildman–Crippen MR) is 124 cm³/mol. The van der Waals surface area contributed by atoms with Crippen molar-refractivity contribution in [3.05, 3.63) is 101 Å². The monoisotopic (exact) mass is 535 g/mol. The largest absolute Gasteiger partial charge is 0.478 e. The molecule has 0 saturated heterocycles. The third-order valence-electron chi connectivity index (χ3n) is 4.80. The molecule has 12 heteroatoms. The van der Waals surface area contributed by atoms with E-state index in [1.807, 2.05) is 0 Å². The summed E-state index contributed by atoms with van der Waals surface area (Å²) in [4.78, 5) is 50.1. The second kappa shape index (κ2) is 11.6. The van der Waals surface area contributed by atoms with E-state index in [0.717, 1.165) is 12.1 Å². The summed E-state index contributed by atoms with van der Waals surface area (Å²) in [6, 6.07) is 16.8. The molecule has 192 valence electrons. The van der Waals surface area contributed by atoms with Crippen LogP contribution in [0, 0.1) is 0 Å². The Labute approximate surface area is 212 Å². The lowest BCUT2D eigenvalue weighted by Gasteiger charge is -2.24. The highest BCUT2D eigenvalue weighted by atomic mass is 35.5. The number of anilines is 1. The molecule has 1 amide bonds. The SMILES string of the molecule is O=C(OC(C(=O)O)C(OC(=O)c1ccccc1)C(=O)Nc1ccc(Cl)c(C(F)(F)F)c1)c1ccccc1.